The van der Waals surface area contributed by atoms with Crippen molar-refractivity contribution in [2.24, 2.45) is 0 Å². The predicted molar refractivity (Wildman–Crippen MR) is 146 cm³/mol. The molecule has 5 aromatic rings. The number of carbonyl (C=O) groups is 2. The van der Waals surface area contributed by atoms with Crippen LogP contribution in [0.2, 0.25) is 5.02 Å². The van der Waals surface area contributed by atoms with Gasteiger partial charge in [-0.2, -0.15) is 13.2 Å². The van der Waals surface area contributed by atoms with Crippen molar-refractivity contribution in [2.75, 3.05) is 10.6 Å². The van der Waals surface area contributed by atoms with E-state index in [0.29, 0.717) is 32.9 Å². The van der Waals surface area contributed by atoms with Crippen LogP contribution in [0.5, 0.6) is 0 Å². The smallest absolute Gasteiger partial charge is 0.322 e. The van der Waals surface area contributed by atoms with E-state index < -0.39 is 23.6 Å². The van der Waals surface area contributed by atoms with Crippen LogP contribution in [0, 0.1) is 0 Å². The van der Waals surface area contributed by atoms with Gasteiger partial charge in [0.15, 0.2) is 0 Å². The summed E-state index contributed by atoms with van der Waals surface area (Å²) in [6.07, 6.45) is -4.53. The van der Waals surface area contributed by atoms with E-state index in [9.17, 15) is 22.8 Å². The molecule has 0 aliphatic rings. The van der Waals surface area contributed by atoms with Gasteiger partial charge < -0.3 is 10.6 Å². The van der Waals surface area contributed by atoms with Crippen molar-refractivity contribution in [3.8, 4) is 11.3 Å². The normalized spacial score (nSPS) is 11.3. The van der Waals surface area contributed by atoms with Crippen molar-refractivity contribution >= 4 is 45.7 Å². The number of hydrogen-bond donors (Lipinski definition) is 2. The Bertz CT molecular complexity index is 1700. The van der Waals surface area contributed by atoms with Gasteiger partial charge in [-0.3, -0.25) is 9.59 Å². The minimum Gasteiger partial charge on any atom is -0.322 e. The molecule has 0 fully saturated rings. The first-order valence-electron chi connectivity index (χ1n) is 11.7. The molecule has 0 spiro atoms. The van der Waals surface area contributed by atoms with Gasteiger partial charge in [0.05, 0.1) is 22.3 Å². The summed E-state index contributed by atoms with van der Waals surface area (Å²) in [7, 11) is 0. The number of anilines is 2. The Hall–Kier alpha value is -4.69. The number of hydrogen-bond acceptors (Lipinski definition) is 3. The lowest BCUT2D eigenvalue weighted by Crippen LogP contribution is -2.15. The van der Waals surface area contributed by atoms with Gasteiger partial charge in [-0.05, 0) is 60.7 Å². The molecule has 0 unspecified atom stereocenters. The van der Waals surface area contributed by atoms with E-state index in [0.717, 1.165) is 17.7 Å². The fraction of sp³-hybridized carbons (Fsp3) is 0.0333. The molecule has 0 saturated carbocycles. The molecular weight excluding hydrogens is 527 g/mol. The molecule has 4 aromatic carbocycles. The summed E-state index contributed by atoms with van der Waals surface area (Å²) in [6, 6.07) is 26.5. The summed E-state index contributed by atoms with van der Waals surface area (Å²) >= 11 is 6.01. The van der Waals surface area contributed by atoms with Gasteiger partial charge >= 0.3 is 6.18 Å². The Morgan fingerprint density at radius 1 is 0.718 bits per heavy atom. The molecule has 1 aromatic heterocycles. The third kappa shape index (κ3) is 5.91. The highest BCUT2D eigenvalue weighted by Crippen LogP contribution is 2.31. The van der Waals surface area contributed by atoms with Crippen molar-refractivity contribution in [1.82, 2.24) is 4.98 Å². The van der Waals surface area contributed by atoms with Gasteiger partial charge in [-0.15, -0.1) is 0 Å². The quantitative estimate of drug-likeness (QED) is 0.234. The predicted octanol–water partition coefficient (Wildman–Crippen LogP) is 8.08. The van der Waals surface area contributed by atoms with Gasteiger partial charge in [0.1, 0.15) is 0 Å². The second kappa shape index (κ2) is 10.6. The van der Waals surface area contributed by atoms with Crippen LogP contribution >= 0.6 is 11.6 Å². The fourth-order valence-corrected chi connectivity index (χ4v) is 4.17. The lowest BCUT2D eigenvalue weighted by atomic mass is 10.0. The Balaban J connectivity index is 1.40. The van der Waals surface area contributed by atoms with Crippen LogP contribution in [-0.4, -0.2) is 16.8 Å². The number of carbonyl (C=O) groups excluding carboxylic acids is 2. The number of para-hydroxylation sites is 1. The summed E-state index contributed by atoms with van der Waals surface area (Å²) in [5.41, 5.74) is 2.01. The minimum absolute atomic E-state index is 0.00208. The maximum absolute atomic E-state index is 13.4. The summed E-state index contributed by atoms with van der Waals surface area (Å²) < 4.78 is 39.0. The van der Waals surface area contributed by atoms with Crippen LogP contribution in [0.3, 0.4) is 0 Å². The molecule has 39 heavy (non-hydrogen) atoms. The lowest BCUT2D eigenvalue weighted by Gasteiger charge is -2.12. The second-order valence-electron chi connectivity index (χ2n) is 8.65. The molecule has 0 saturated heterocycles. The van der Waals surface area contributed by atoms with E-state index in [1.807, 2.05) is 30.3 Å². The van der Waals surface area contributed by atoms with E-state index in [2.05, 4.69) is 15.6 Å². The van der Waals surface area contributed by atoms with Crippen molar-refractivity contribution < 1.29 is 22.8 Å². The highest BCUT2D eigenvalue weighted by Gasteiger charge is 2.30. The van der Waals surface area contributed by atoms with E-state index in [1.165, 1.54) is 24.3 Å². The van der Waals surface area contributed by atoms with Crippen molar-refractivity contribution in [3.05, 3.63) is 125 Å². The molecule has 9 heteroatoms. The van der Waals surface area contributed by atoms with E-state index in [-0.39, 0.29) is 11.3 Å². The number of benzene rings is 4. The maximum Gasteiger partial charge on any atom is 0.416 e. The van der Waals surface area contributed by atoms with Crippen LogP contribution < -0.4 is 10.6 Å². The zero-order chi connectivity index (χ0) is 27.6. The highest BCUT2D eigenvalue weighted by molar-refractivity contribution is 6.30. The van der Waals surface area contributed by atoms with E-state index in [4.69, 9.17) is 11.6 Å². The minimum atomic E-state index is -4.53. The number of alkyl halides is 3. The second-order valence-corrected chi connectivity index (χ2v) is 9.08. The number of amides is 2. The molecule has 5 nitrogen and oxygen atoms in total. The molecule has 0 aliphatic carbocycles. The zero-order valence-electron chi connectivity index (χ0n) is 20.1. The number of halogens is 4. The Labute approximate surface area is 226 Å². The third-order valence-electron chi connectivity index (χ3n) is 5.93. The van der Waals surface area contributed by atoms with Gasteiger partial charge in [0.25, 0.3) is 11.8 Å². The third-order valence-corrected chi connectivity index (χ3v) is 6.18. The lowest BCUT2D eigenvalue weighted by molar-refractivity contribution is -0.137. The Morgan fingerprint density at radius 3 is 2.13 bits per heavy atom. The van der Waals surface area contributed by atoms with Gasteiger partial charge in [0, 0.05) is 32.9 Å². The summed E-state index contributed by atoms with van der Waals surface area (Å²) in [4.78, 5) is 30.8. The number of aromatic nitrogens is 1. The van der Waals surface area contributed by atoms with Crippen molar-refractivity contribution in [3.63, 3.8) is 0 Å². The number of nitrogens with one attached hydrogen (secondary N) is 2. The highest BCUT2D eigenvalue weighted by atomic mass is 35.5. The standard InChI is InChI=1S/C30H19ClF3N3O2/c31-21-13-11-18(12-14-21)27-17-25(24-9-1-2-10-26(24)37-27)29(39)36-22-7-3-5-19(15-22)28(38)35-23-8-4-6-20(16-23)30(32,33)34/h1-17H,(H,35,38)(H,36,39). The van der Waals surface area contributed by atoms with E-state index in [1.54, 1.807) is 36.4 Å². The van der Waals surface area contributed by atoms with Crippen LogP contribution in [-0.2, 0) is 6.18 Å². The molecule has 0 bridgehead atoms. The van der Waals surface area contributed by atoms with Crippen LogP contribution in [0.1, 0.15) is 26.3 Å². The van der Waals surface area contributed by atoms with E-state index >= 15 is 0 Å². The van der Waals surface area contributed by atoms with Crippen LogP contribution in [0.15, 0.2) is 103 Å². The first-order chi connectivity index (χ1) is 18.7. The molecule has 1 heterocycles. The topological polar surface area (TPSA) is 71.1 Å². The molecule has 0 radical (unpaired) electrons. The van der Waals surface area contributed by atoms with Crippen molar-refractivity contribution in [2.45, 2.75) is 6.18 Å². The number of nitrogens with zero attached hydrogens (tertiary/aromatic N) is 1. The summed E-state index contributed by atoms with van der Waals surface area (Å²) in [6.45, 7) is 0. The van der Waals surface area contributed by atoms with Crippen LogP contribution in [0.25, 0.3) is 22.2 Å². The van der Waals surface area contributed by atoms with Gasteiger partial charge in [-0.25, -0.2) is 4.98 Å². The number of pyridine rings is 1. The number of fused-ring (bicyclic) bond motifs is 1. The monoisotopic (exact) mass is 545 g/mol. The summed E-state index contributed by atoms with van der Waals surface area (Å²) in [5.74, 6) is -1.04. The summed E-state index contributed by atoms with van der Waals surface area (Å²) in [5, 5.41) is 6.50. The van der Waals surface area contributed by atoms with Gasteiger partial charge in [0.2, 0.25) is 0 Å². The molecule has 0 atom stereocenters. The molecule has 2 N–H and O–H groups in total. The Morgan fingerprint density at radius 2 is 1.38 bits per heavy atom. The van der Waals surface area contributed by atoms with Crippen molar-refractivity contribution in [1.29, 1.82) is 0 Å². The van der Waals surface area contributed by atoms with Crippen LogP contribution in [0.4, 0.5) is 24.5 Å². The first kappa shape index (κ1) is 25.9. The molecule has 5 rings (SSSR count). The average Bonchev–Trinajstić information content (AvgIpc) is 2.92. The maximum atomic E-state index is 13.4. The zero-order valence-corrected chi connectivity index (χ0v) is 20.8. The molecular formula is C30H19ClF3N3O2. The molecule has 2 amide bonds. The van der Waals surface area contributed by atoms with Gasteiger partial charge in [-0.1, -0.05) is 54.1 Å². The SMILES string of the molecule is O=C(Nc1cccc(C(F)(F)F)c1)c1cccc(NC(=O)c2cc(-c3ccc(Cl)cc3)nc3ccccc23)c1. The Kier molecular flexibility index (Phi) is 7.04. The largest absolute Gasteiger partial charge is 0.416 e. The molecule has 0 aliphatic heterocycles. The molecule has 194 valence electrons. The average molecular weight is 546 g/mol. The first-order valence-corrected chi connectivity index (χ1v) is 12.1. The fourth-order valence-electron chi connectivity index (χ4n) is 4.04. The number of rotatable bonds is 5.